The normalized spacial score (nSPS) is 24.3. The van der Waals surface area contributed by atoms with E-state index in [2.05, 4.69) is 4.90 Å². The molecule has 1 aliphatic carbocycles. The van der Waals surface area contributed by atoms with Gasteiger partial charge in [-0.25, -0.2) is 0 Å². The molecule has 1 amide bonds. The molecular weight excluding hydrogens is 407 g/mol. The molecule has 2 saturated heterocycles. The summed E-state index contributed by atoms with van der Waals surface area (Å²) in [5.41, 5.74) is 3.18. The quantitative estimate of drug-likeness (QED) is 0.662. The number of anilines is 1. The van der Waals surface area contributed by atoms with Crippen molar-refractivity contribution >= 4 is 34.8 Å². The number of benzene rings is 2. The number of halogens is 2. The molecule has 0 radical (unpaired) electrons. The predicted molar refractivity (Wildman–Crippen MR) is 116 cm³/mol. The minimum Gasteiger partial charge on any atom is -0.484 e. The van der Waals surface area contributed by atoms with Gasteiger partial charge in [0.05, 0.1) is 6.04 Å². The molecule has 0 unspecified atom stereocenters. The number of fused-ring (bicyclic) bond motifs is 1. The molecule has 29 heavy (non-hydrogen) atoms. The molecule has 2 aliphatic heterocycles. The Balaban J connectivity index is 1.42. The Kier molecular flexibility index (Phi) is 5.19. The zero-order valence-electron chi connectivity index (χ0n) is 16.2. The van der Waals surface area contributed by atoms with Crippen LogP contribution in [0, 0.1) is 0 Å². The Morgan fingerprint density at radius 1 is 0.966 bits per heavy atom. The molecule has 0 bridgehead atoms. The summed E-state index contributed by atoms with van der Waals surface area (Å²) in [6, 6.07) is 12.0. The second kappa shape index (κ2) is 7.82. The molecule has 0 N–H and O–H groups in total. The van der Waals surface area contributed by atoms with Crippen LogP contribution in [0.25, 0.3) is 0 Å². The van der Waals surface area contributed by atoms with Gasteiger partial charge in [0.1, 0.15) is 11.9 Å². The van der Waals surface area contributed by atoms with Gasteiger partial charge in [-0.2, -0.15) is 0 Å². The molecule has 3 aliphatic rings. The van der Waals surface area contributed by atoms with Crippen molar-refractivity contribution in [2.75, 3.05) is 24.5 Å². The Morgan fingerprint density at radius 2 is 1.72 bits per heavy atom. The van der Waals surface area contributed by atoms with E-state index < -0.39 is 0 Å². The monoisotopic (exact) mass is 430 g/mol. The van der Waals surface area contributed by atoms with Crippen LogP contribution in [0.4, 0.5) is 5.69 Å². The van der Waals surface area contributed by atoms with E-state index in [1.54, 1.807) is 0 Å². The van der Waals surface area contributed by atoms with Crippen molar-refractivity contribution in [3.63, 3.8) is 0 Å². The molecule has 0 spiro atoms. The van der Waals surface area contributed by atoms with Crippen LogP contribution in [0.15, 0.2) is 36.4 Å². The number of nitrogens with zero attached hydrogens (tertiary/aromatic N) is 2. The lowest BCUT2D eigenvalue weighted by atomic mass is 10.1. The van der Waals surface area contributed by atoms with E-state index in [1.807, 2.05) is 41.3 Å². The van der Waals surface area contributed by atoms with Gasteiger partial charge in [0.25, 0.3) is 0 Å². The fourth-order valence-electron chi connectivity index (χ4n) is 4.92. The molecule has 2 heterocycles. The molecule has 2 aromatic carbocycles. The van der Waals surface area contributed by atoms with E-state index in [4.69, 9.17) is 27.9 Å². The van der Waals surface area contributed by atoms with Crippen LogP contribution >= 0.6 is 23.2 Å². The van der Waals surface area contributed by atoms with Crippen LogP contribution in [0.1, 0.15) is 42.9 Å². The molecule has 2 atom stereocenters. The summed E-state index contributed by atoms with van der Waals surface area (Å²) >= 11 is 12.8. The number of carbonyl (C=O) groups excluding carboxylic acids is 1. The second-order valence-corrected chi connectivity index (χ2v) is 8.99. The van der Waals surface area contributed by atoms with Gasteiger partial charge in [0.2, 0.25) is 5.91 Å². The highest BCUT2D eigenvalue weighted by Gasteiger charge is 2.40. The van der Waals surface area contributed by atoms with Crippen molar-refractivity contribution < 1.29 is 9.53 Å². The average Bonchev–Trinajstić information content (AvgIpc) is 3.43. The first-order valence-electron chi connectivity index (χ1n) is 10.4. The van der Waals surface area contributed by atoms with E-state index in [-0.39, 0.29) is 18.1 Å². The van der Waals surface area contributed by atoms with E-state index >= 15 is 0 Å². The smallest absolute Gasteiger partial charge is 0.227 e. The van der Waals surface area contributed by atoms with Crippen molar-refractivity contribution in [1.82, 2.24) is 4.90 Å². The Labute approximate surface area is 181 Å². The van der Waals surface area contributed by atoms with Gasteiger partial charge < -0.3 is 9.64 Å². The number of rotatable bonds is 4. The third-order valence-electron chi connectivity index (χ3n) is 6.36. The van der Waals surface area contributed by atoms with Crippen molar-refractivity contribution in [3.05, 3.63) is 57.6 Å². The fraction of sp³-hybridized carbons (Fsp3) is 0.435. The summed E-state index contributed by atoms with van der Waals surface area (Å²) in [6.45, 7) is 2.99. The highest BCUT2D eigenvalue weighted by molar-refractivity contribution is 6.35. The minimum atomic E-state index is -0.0985. The number of likely N-dealkylation sites (tertiary alicyclic amines) is 1. The summed E-state index contributed by atoms with van der Waals surface area (Å²) in [7, 11) is 0. The summed E-state index contributed by atoms with van der Waals surface area (Å²) in [5.74, 6) is 1.00. The van der Waals surface area contributed by atoms with Gasteiger partial charge in [-0.3, -0.25) is 9.69 Å². The SMILES string of the molecule is O=C1CCCN1c1ccc(O[C@H]2c3cc(Cl)cc(Cl)c3C[C@H]2N2CCCC2)cc1. The van der Waals surface area contributed by atoms with Gasteiger partial charge in [-0.15, -0.1) is 0 Å². The van der Waals surface area contributed by atoms with Gasteiger partial charge in [-0.1, -0.05) is 23.2 Å². The van der Waals surface area contributed by atoms with Crippen LogP contribution in [0.3, 0.4) is 0 Å². The summed E-state index contributed by atoms with van der Waals surface area (Å²) in [6.07, 6.45) is 4.80. The Hall–Kier alpha value is -1.75. The topological polar surface area (TPSA) is 32.8 Å². The zero-order chi connectivity index (χ0) is 20.0. The van der Waals surface area contributed by atoms with Crippen LogP contribution in [0.2, 0.25) is 10.0 Å². The third-order valence-corrected chi connectivity index (χ3v) is 6.91. The van der Waals surface area contributed by atoms with E-state index in [0.29, 0.717) is 11.4 Å². The van der Waals surface area contributed by atoms with Gasteiger partial charge in [0.15, 0.2) is 0 Å². The first-order chi connectivity index (χ1) is 14.1. The van der Waals surface area contributed by atoms with Crippen molar-refractivity contribution in [2.24, 2.45) is 0 Å². The highest BCUT2D eigenvalue weighted by atomic mass is 35.5. The largest absolute Gasteiger partial charge is 0.484 e. The fourth-order valence-corrected chi connectivity index (χ4v) is 5.51. The standard InChI is InChI=1S/C23H24Cl2N2O2/c24-15-12-19-18(20(25)13-15)14-21(26-9-1-2-10-26)23(19)29-17-7-5-16(6-8-17)27-11-3-4-22(27)28/h5-8,12-13,21,23H,1-4,9-11,14H2/t21-,23+/m1/s1. The summed E-state index contributed by atoms with van der Waals surface area (Å²) in [4.78, 5) is 16.4. The molecule has 6 heteroatoms. The predicted octanol–water partition coefficient (Wildman–Crippen LogP) is 5.26. The van der Waals surface area contributed by atoms with Crippen molar-refractivity contribution in [1.29, 1.82) is 0 Å². The maximum absolute atomic E-state index is 12.0. The lowest BCUT2D eigenvalue weighted by Gasteiger charge is -2.30. The van der Waals surface area contributed by atoms with E-state index in [9.17, 15) is 4.79 Å². The number of amides is 1. The number of hydrogen-bond acceptors (Lipinski definition) is 3. The number of hydrogen-bond donors (Lipinski definition) is 0. The molecule has 152 valence electrons. The maximum atomic E-state index is 12.0. The molecule has 2 fully saturated rings. The molecule has 5 rings (SSSR count). The van der Waals surface area contributed by atoms with E-state index in [0.717, 1.165) is 60.1 Å². The highest BCUT2D eigenvalue weighted by Crippen LogP contribution is 2.43. The second-order valence-electron chi connectivity index (χ2n) is 8.15. The van der Waals surface area contributed by atoms with E-state index in [1.165, 1.54) is 12.8 Å². The molecule has 0 aromatic heterocycles. The van der Waals surface area contributed by atoms with Crippen LogP contribution < -0.4 is 9.64 Å². The number of carbonyl (C=O) groups is 1. The Morgan fingerprint density at radius 3 is 2.41 bits per heavy atom. The maximum Gasteiger partial charge on any atom is 0.227 e. The summed E-state index contributed by atoms with van der Waals surface area (Å²) < 4.78 is 6.52. The molecular formula is C23H24Cl2N2O2. The lowest BCUT2D eigenvalue weighted by Crippen LogP contribution is -2.38. The average molecular weight is 431 g/mol. The molecule has 0 saturated carbocycles. The minimum absolute atomic E-state index is 0.0985. The van der Waals surface area contributed by atoms with Crippen molar-refractivity contribution in [2.45, 2.75) is 44.2 Å². The van der Waals surface area contributed by atoms with Crippen molar-refractivity contribution in [3.8, 4) is 5.75 Å². The van der Waals surface area contributed by atoms with Crippen LogP contribution in [-0.2, 0) is 11.2 Å². The van der Waals surface area contributed by atoms with Gasteiger partial charge in [0, 0.05) is 34.3 Å². The first-order valence-corrected chi connectivity index (χ1v) is 11.1. The molecule has 2 aromatic rings. The van der Waals surface area contributed by atoms with Crippen LogP contribution in [0.5, 0.6) is 5.75 Å². The van der Waals surface area contributed by atoms with Gasteiger partial charge >= 0.3 is 0 Å². The summed E-state index contributed by atoms with van der Waals surface area (Å²) in [5, 5.41) is 1.37. The lowest BCUT2D eigenvalue weighted by molar-refractivity contribution is -0.117. The Bertz CT molecular complexity index is 925. The zero-order valence-corrected chi connectivity index (χ0v) is 17.8. The van der Waals surface area contributed by atoms with Gasteiger partial charge in [-0.05, 0) is 80.7 Å². The third kappa shape index (κ3) is 3.63. The number of ether oxygens (including phenoxy) is 1. The first kappa shape index (κ1) is 19.2. The van der Waals surface area contributed by atoms with Crippen LogP contribution in [-0.4, -0.2) is 36.5 Å². The molecule has 4 nitrogen and oxygen atoms in total.